The lowest BCUT2D eigenvalue weighted by Gasteiger charge is -2.25. The maximum atomic E-state index is 9.63. The molecule has 1 aliphatic rings. The lowest BCUT2D eigenvalue weighted by molar-refractivity contribution is 0.203. The molecule has 3 heteroatoms. The van der Waals surface area contributed by atoms with E-state index in [1.807, 2.05) is 12.1 Å². The second kappa shape index (κ2) is 7.27. The molecular formula is C15H22BrNO. The van der Waals surface area contributed by atoms with Gasteiger partial charge in [-0.25, -0.2) is 0 Å². The molecule has 0 radical (unpaired) electrons. The maximum absolute atomic E-state index is 9.63. The van der Waals surface area contributed by atoms with E-state index in [4.69, 9.17) is 0 Å². The van der Waals surface area contributed by atoms with Gasteiger partial charge in [-0.3, -0.25) is 0 Å². The van der Waals surface area contributed by atoms with Crippen LogP contribution in [-0.4, -0.2) is 36.2 Å². The topological polar surface area (TPSA) is 23.5 Å². The molecule has 1 fully saturated rings. The molecule has 1 aromatic rings. The lowest BCUT2D eigenvalue weighted by atomic mass is 9.99. The molecule has 1 atom stereocenters. The summed E-state index contributed by atoms with van der Waals surface area (Å²) in [7, 11) is 0. The van der Waals surface area contributed by atoms with Crippen LogP contribution in [-0.2, 0) is 0 Å². The van der Waals surface area contributed by atoms with Crippen molar-refractivity contribution in [3.8, 4) is 0 Å². The fourth-order valence-corrected chi connectivity index (χ4v) is 3.08. The number of rotatable bonds is 4. The Bertz CT molecular complexity index is 361. The Morgan fingerprint density at radius 1 is 1.17 bits per heavy atom. The van der Waals surface area contributed by atoms with Gasteiger partial charge in [0.1, 0.15) is 0 Å². The highest BCUT2D eigenvalue weighted by Gasteiger charge is 2.16. The van der Waals surface area contributed by atoms with Crippen molar-refractivity contribution in [2.45, 2.75) is 31.6 Å². The highest BCUT2D eigenvalue weighted by atomic mass is 79.9. The van der Waals surface area contributed by atoms with Gasteiger partial charge in [-0.2, -0.15) is 0 Å². The van der Waals surface area contributed by atoms with Crippen molar-refractivity contribution in [3.63, 3.8) is 0 Å². The summed E-state index contributed by atoms with van der Waals surface area (Å²) in [6, 6.07) is 8.32. The first-order valence-corrected chi connectivity index (χ1v) is 7.67. The summed E-state index contributed by atoms with van der Waals surface area (Å²) in [6.07, 6.45) is 5.32. The molecule has 0 spiro atoms. The highest BCUT2D eigenvalue weighted by molar-refractivity contribution is 9.10. The van der Waals surface area contributed by atoms with Crippen LogP contribution in [0.2, 0.25) is 0 Å². The van der Waals surface area contributed by atoms with E-state index in [9.17, 15) is 5.11 Å². The molecule has 1 unspecified atom stereocenters. The van der Waals surface area contributed by atoms with Crippen molar-refractivity contribution in [1.29, 1.82) is 0 Å². The van der Waals surface area contributed by atoms with Crippen LogP contribution in [0.25, 0.3) is 0 Å². The number of nitrogens with zero attached hydrogens (tertiary/aromatic N) is 1. The molecule has 0 bridgehead atoms. The Morgan fingerprint density at radius 3 is 2.50 bits per heavy atom. The summed E-state index contributed by atoms with van der Waals surface area (Å²) in [5, 5.41) is 9.63. The van der Waals surface area contributed by atoms with Gasteiger partial charge in [0.05, 0.1) is 6.61 Å². The average Bonchev–Trinajstić information content (AvgIpc) is 2.64. The minimum absolute atomic E-state index is 0.229. The van der Waals surface area contributed by atoms with E-state index in [-0.39, 0.29) is 12.5 Å². The van der Waals surface area contributed by atoms with Gasteiger partial charge in [0.25, 0.3) is 0 Å². The van der Waals surface area contributed by atoms with Crippen molar-refractivity contribution < 1.29 is 5.11 Å². The third kappa shape index (κ3) is 4.08. The van der Waals surface area contributed by atoms with Crippen LogP contribution >= 0.6 is 15.9 Å². The van der Waals surface area contributed by atoms with Crippen LogP contribution in [0.3, 0.4) is 0 Å². The van der Waals surface area contributed by atoms with Gasteiger partial charge in [-0.05, 0) is 43.6 Å². The molecule has 2 nitrogen and oxygen atoms in total. The predicted octanol–water partition coefficient (Wildman–Crippen LogP) is 3.40. The van der Waals surface area contributed by atoms with Crippen molar-refractivity contribution >= 4 is 15.9 Å². The molecule has 1 heterocycles. The molecular weight excluding hydrogens is 290 g/mol. The van der Waals surface area contributed by atoms with Gasteiger partial charge in [0.15, 0.2) is 0 Å². The standard InChI is InChI=1S/C15H22BrNO/c16-15-7-5-6-13(10-15)14(12-18)11-17-8-3-1-2-4-9-17/h5-7,10,14,18H,1-4,8-9,11-12H2. The molecule has 0 saturated carbocycles. The van der Waals surface area contributed by atoms with Crippen LogP contribution in [0.1, 0.15) is 37.2 Å². The van der Waals surface area contributed by atoms with Gasteiger partial charge in [-0.15, -0.1) is 0 Å². The number of halogens is 1. The van der Waals surface area contributed by atoms with Gasteiger partial charge in [0.2, 0.25) is 0 Å². The fourth-order valence-electron chi connectivity index (χ4n) is 2.66. The summed E-state index contributed by atoms with van der Waals surface area (Å²) in [5.74, 6) is 0.237. The van der Waals surface area contributed by atoms with E-state index in [1.54, 1.807) is 0 Å². The summed E-state index contributed by atoms with van der Waals surface area (Å²) in [5.41, 5.74) is 1.23. The zero-order valence-electron chi connectivity index (χ0n) is 10.8. The first-order chi connectivity index (χ1) is 8.79. The minimum atomic E-state index is 0.229. The Balaban J connectivity index is 1.99. The number of likely N-dealkylation sites (tertiary alicyclic amines) is 1. The Labute approximate surface area is 118 Å². The first-order valence-electron chi connectivity index (χ1n) is 6.88. The molecule has 18 heavy (non-hydrogen) atoms. The van der Waals surface area contributed by atoms with Crippen LogP contribution in [0.15, 0.2) is 28.7 Å². The van der Waals surface area contributed by atoms with Gasteiger partial charge in [-0.1, -0.05) is 40.9 Å². The van der Waals surface area contributed by atoms with Crippen LogP contribution in [0.4, 0.5) is 0 Å². The predicted molar refractivity (Wildman–Crippen MR) is 78.9 cm³/mol. The van der Waals surface area contributed by atoms with Crippen LogP contribution in [0.5, 0.6) is 0 Å². The number of hydrogen-bond donors (Lipinski definition) is 1. The smallest absolute Gasteiger partial charge is 0.0512 e. The molecule has 1 saturated heterocycles. The normalized spacial score (nSPS) is 19.4. The summed E-state index contributed by atoms with van der Waals surface area (Å²) < 4.78 is 1.09. The van der Waals surface area contributed by atoms with E-state index in [2.05, 4.69) is 33.0 Å². The number of hydrogen-bond acceptors (Lipinski definition) is 2. The number of aliphatic hydroxyl groups excluding tert-OH is 1. The second-order valence-electron chi connectivity index (χ2n) is 5.15. The quantitative estimate of drug-likeness (QED) is 0.921. The second-order valence-corrected chi connectivity index (χ2v) is 6.07. The van der Waals surface area contributed by atoms with Crippen molar-refractivity contribution in [1.82, 2.24) is 4.90 Å². The van der Waals surface area contributed by atoms with Crippen LogP contribution < -0.4 is 0 Å². The van der Waals surface area contributed by atoms with Crippen molar-refractivity contribution in [3.05, 3.63) is 34.3 Å². The van der Waals surface area contributed by atoms with Gasteiger partial charge >= 0.3 is 0 Å². The molecule has 0 aromatic heterocycles. The van der Waals surface area contributed by atoms with Crippen molar-refractivity contribution in [2.24, 2.45) is 0 Å². The van der Waals surface area contributed by atoms with E-state index in [0.29, 0.717) is 0 Å². The minimum Gasteiger partial charge on any atom is -0.396 e. The number of benzene rings is 1. The highest BCUT2D eigenvalue weighted by Crippen LogP contribution is 2.22. The zero-order chi connectivity index (χ0) is 12.8. The third-order valence-corrected chi connectivity index (χ3v) is 4.21. The Kier molecular flexibility index (Phi) is 5.67. The number of aliphatic hydroxyl groups is 1. The van der Waals surface area contributed by atoms with E-state index in [0.717, 1.165) is 11.0 Å². The van der Waals surface area contributed by atoms with Crippen LogP contribution in [0, 0.1) is 0 Å². The summed E-state index contributed by atoms with van der Waals surface area (Å²) in [4.78, 5) is 2.51. The molecule has 1 aromatic carbocycles. The molecule has 1 aliphatic heterocycles. The molecule has 2 rings (SSSR count). The largest absolute Gasteiger partial charge is 0.396 e. The van der Waals surface area contributed by atoms with E-state index >= 15 is 0 Å². The monoisotopic (exact) mass is 311 g/mol. The maximum Gasteiger partial charge on any atom is 0.0512 e. The molecule has 0 amide bonds. The molecule has 0 aliphatic carbocycles. The van der Waals surface area contributed by atoms with E-state index in [1.165, 1.54) is 44.3 Å². The average molecular weight is 312 g/mol. The SMILES string of the molecule is OCC(CN1CCCCCC1)c1cccc(Br)c1. The molecule has 1 N–H and O–H groups in total. The lowest BCUT2D eigenvalue weighted by Crippen LogP contribution is -2.31. The molecule has 100 valence electrons. The van der Waals surface area contributed by atoms with Gasteiger partial charge in [0, 0.05) is 16.9 Å². The van der Waals surface area contributed by atoms with Crippen molar-refractivity contribution in [2.75, 3.05) is 26.2 Å². The Morgan fingerprint density at radius 2 is 1.89 bits per heavy atom. The Hall–Kier alpha value is -0.380. The summed E-state index contributed by atoms with van der Waals surface area (Å²) in [6.45, 7) is 3.58. The zero-order valence-corrected chi connectivity index (χ0v) is 12.4. The summed E-state index contributed by atoms with van der Waals surface area (Å²) >= 11 is 3.50. The van der Waals surface area contributed by atoms with E-state index < -0.39 is 0 Å². The third-order valence-electron chi connectivity index (χ3n) is 3.72. The van der Waals surface area contributed by atoms with Gasteiger partial charge < -0.3 is 10.0 Å². The fraction of sp³-hybridized carbons (Fsp3) is 0.600. The first kappa shape index (κ1) is 14.0.